The lowest BCUT2D eigenvalue weighted by atomic mass is 10.1. The molecule has 0 bridgehead atoms. The highest BCUT2D eigenvalue weighted by Crippen LogP contribution is 2.17. The molecule has 0 aromatic heterocycles. The van der Waals surface area contributed by atoms with Crippen molar-refractivity contribution >= 4 is 27.8 Å². The Labute approximate surface area is 116 Å². The molecule has 0 heterocycles. The van der Waals surface area contributed by atoms with E-state index in [0.29, 0.717) is 0 Å². The summed E-state index contributed by atoms with van der Waals surface area (Å²) in [4.78, 5) is 22.5. The van der Waals surface area contributed by atoms with Crippen molar-refractivity contribution in [1.82, 2.24) is 5.32 Å². The van der Waals surface area contributed by atoms with Gasteiger partial charge in [0.15, 0.2) is 0 Å². The van der Waals surface area contributed by atoms with Crippen LogP contribution in [-0.2, 0) is 4.79 Å². The average molecular weight is 336 g/mol. The van der Waals surface area contributed by atoms with Crippen LogP contribution in [0.2, 0.25) is 0 Å². The Kier molecular flexibility index (Phi) is 5.41. The molecular weight excluding hydrogens is 324 g/mol. The minimum atomic E-state index is -2.80. The van der Waals surface area contributed by atoms with E-state index >= 15 is 0 Å². The number of carboxylic acids is 1. The Morgan fingerprint density at radius 3 is 2.53 bits per heavy atom. The molecule has 0 saturated heterocycles. The smallest absolute Gasteiger partial charge is 0.326 e. The molecule has 2 N–H and O–H groups in total. The van der Waals surface area contributed by atoms with Gasteiger partial charge >= 0.3 is 5.97 Å². The third-order valence-corrected chi connectivity index (χ3v) is 3.33. The maximum atomic E-state index is 12.2. The fourth-order valence-corrected chi connectivity index (χ4v) is 1.67. The summed E-state index contributed by atoms with van der Waals surface area (Å²) >= 11 is 3.26. The highest BCUT2D eigenvalue weighted by atomic mass is 79.9. The molecule has 1 rings (SSSR count). The zero-order valence-electron chi connectivity index (χ0n) is 9.99. The van der Waals surface area contributed by atoms with Crippen molar-refractivity contribution in [2.75, 3.05) is 0 Å². The Bertz CT molecular complexity index is 494. The van der Waals surface area contributed by atoms with Crippen molar-refractivity contribution < 1.29 is 23.5 Å². The standard InChI is InChI=1S/C12H12BrF2NO3/c1-6-4-7(2-3-8(6)13)11(17)16-9(12(18)19)5-10(14)15/h2-4,9-10H,5H2,1H3,(H,16,17)(H,18,19). The zero-order chi connectivity index (χ0) is 14.6. The van der Waals surface area contributed by atoms with Gasteiger partial charge in [0.1, 0.15) is 6.04 Å². The zero-order valence-corrected chi connectivity index (χ0v) is 11.6. The largest absolute Gasteiger partial charge is 0.480 e. The van der Waals surface area contributed by atoms with E-state index in [4.69, 9.17) is 5.11 Å². The van der Waals surface area contributed by atoms with E-state index in [0.717, 1.165) is 10.0 Å². The summed E-state index contributed by atoms with van der Waals surface area (Å²) in [6.45, 7) is 1.76. The summed E-state index contributed by atoms with van der Waals surface area (Å²) in [5, 5.41) is 10.8. The van der Waals surface area contributed by atoms with Gasteiger partial charge < -0.3 is 10.4 Å². The maximum Gasteiger partial charge on any atom is 0.326 e. The van der Waals surface area contributed by atoms with Crippen molar-refractivity contribution in [2.45, 2.75) is 25.8 Å². The minimum absolute atomic E-state index is 0.223. The molecule has 1 aromatic carbocycles. The first-order valence-corrected chi connectivity index (χ1v) is 6.18. The molecule has 1 aromatic rings. The van der Waals surface area contributed by atoms with Gasteiger partial charge in [0.25, 0.3) is 5.91 Å². The topological polar surface area (TPSA) is 66.4 Å². The SMILES string of the molecule is Cc1cc(C(=O)NC(CC(F)F)C(=O)O)ccc1Br. The molecule has 0 spiro atoms. The van der Waals surface area contributed by atoms with Crippen LogP contribution in [0.3, 0.4) is 0 Å². The van der Waals surface area contributed by atoms with E-state index in [1.807, 2.05) is 0 Å². The lowest BCUT2D eigenvalue weighted by Crippen LogP contribution is -2.42. The molecule has 0 fully saturated rings. The molecule has 1 atom stereocenters. The Balaban J connectivity index is 2.81. The number of carbonyl (C=O) groups is 2. The Morgan fingerprint density at radius 2 is 2.05 bits per heavy atom. The monoisotopic (exact) mass is 335 g/mol. The van der Waals surface area contributed by atoms with Crippen LogP contribution >= 0.6 is 15.9 Å². The fourth-order valence-electron chi connectivity index (χ4n) is 1.43. The molecule has 1 unspecified atom stereocenters. The Morgan fingerprint density at radius 1 is 1.42 bits per heavy atom. The summed E-state index contributed by atoms with van der Waals surface area (Å²) in [5.41, 5.74) is 1.01. The number of amides is 1. The molecule has 0 aliphatic carbocycles. The quantitative estimate of drug-likeness (QED) is 0.869. The van der Waals surface area contributed by atoms with Crippen LogP contribution in [0.25, 0.3) is 0 Å². The maximum absolute atomic E-state index is 12.2. The predicted octanol–water partition coefficient (Wildman–Crippen LogP) is 2.60. The van der Waals surface area contributed by atoms with E-state index in [-0.39, 0.29) is 5.56 Å². The molecule has 19 heavy (non-hydrogen) atoms. The van der Waals surface area contributed by atoms with Crippen LogP contribution in [0.1, 0.15) is 22.3 Å². The second-order valence-corrected chi connectivity index (χ2v) is 4.81. The highest BCUT2D eigenvalue weighted by molar-refractivity contribution is 9.10. The highest BCUT2D eigenvalue weighted by Gasteiger charge is 2.24. The molecule has 4 nitrogen and oxygen atoms in total. The summed E-state index contributed by atoms with van der Waals surface area (Å²) in [6.07, 6.45) is -3.72. The Hall–Kier alpha value is -1.50. The van der Waals surface area contributed by atoms with Gasteiger partial charge in [-0.3, -0.25) is 4.79 Å². The van der Waals surface area contributed by atoms with Gasteiger partial charge in [-0.05, 0) is 30.7 Å². The number of rotatable bonds is 5. The summed E-state index contributed by atoms with van der Waals surface area (Å²) < 4.78 is 25.2. The molecule has 0 aliphatic heterocycles. The molecule has 7 heteroatoms. The fraction of sp³-hybridized carbons (Fsp3) is 0.333. The molecular formula is C12H12BrF2NO3. The predicted molar refractivity (Wildman–Crippen MR) is 68.4 cm³/mol. The number of halogens is 3. The number of aliphatic carboxylic acids is 1. The van der Waals surface area contributed by atoms with Crippen molar-refractivity contribution in [1.29, 1.82) is 0 Å². The van der Waals surface area contributed by atoms with Gasteiger partial charge in [0, 0.05) is 16.5 Å². The second kappa shape index (κ2) is 6.60. The third-order valence-electron chi connectivity index (χ3n) is 2.44. The van der Waals surface area contributed by atoms with E-state index in [9.17, 15) is 18.4 Å². The van der Waals surface area contributed by atoms with E-state index in [1.54, 1.807) is 19.1 Å². The van der Waals surface area contributed by atoms with Crippen LogP contribution in [0.5, 0.6) is 0 Å². The summed E-state index contributed by atoms with van der Waals surface area (Å²) in [6, 6.07) is 3.05. The number of nitrogens with one attached hydrogen (secondary N) is 1. The normalized spacial score (nSPS) is 12.3. The molecule has 1 amide bonds. The van der Waals surface area contributed by atoms with Gasteiger partial charge in [0.2, 0.25) is 6.43 Å². The van der Waals surface area contributed by atoms with Crippen molar-refractivity contribution in [2.24, 2.45) is 0 Å². The van der Waals surface area contributed by atoms with E-state index in [1.165, 1.54) is 6.07 Å². The number of carboxylic acid groups (broad SMARTS) is 1. The van der Waals surface area contributed by atoms with Gasteiger partial charge in [-0.1, -0.05) is 15.9 Å². The lowest BCUT2D eigenvalue weighted by Gasteiger charge is -2.14. The van der Waals surface area contributed by atoms with E-state index < -0.39 is 30.8 Å². The lowest BCUT2D eigenvalue weighted by molar-refractivity contribution is -0.140. The van der Waals surface area contributed by atoms with Gasteiger partial charge in [-0.15, -0.1) is 0 Å². The molecule has 0 radical (unpaired) electrons. The third kappa shape index (κ3) is 4.59. The first kappa shape index (κ1) is 15.6. The second-order valence-electron chi connectivity index (χ2n) is 3.96. The number of aryl methyl sites for hydroxylation is 1. The van der Waals surface area contributed by atoms with Crippen LogP contribution in [0.4, 0.5) is 8.78 Å². The number of benzene rings is 1. The number of alkyl halides is 2. The minimum Gasteiger partial charge on any atom is -0.480 e. The van der Waals surface area contributed by atoms with Crippen LogP contribution in [0.15, 0.2) is 22.7 Å². The van der Waals surface area contributed by atoms with Crippen molar-refractivity contribution in [3.63, 3.8) is 0 Å². The van der Waals surface area contributed by atoms with Crippen LogP contribution in [0, 0.1) is 6.92 Å². The van der Waals surface area contributed by atoms with Crippen molar-refractivity contribution in [3.05, 3.63) is 33.8 Å². The van der Waals surface area contributed by atoms with Crippen LogP contribution < -0.4 is 5.32 Å². The van der Waals surface area contributed by atoms with Gasteiger partial charge in [0.05, 0.1) is 0 Å². The molecule has 0 aliphatic rings. The molecule has 104 valence electrons. The van der Waals surface area contributed by atoms with Gasteiger partial charge in [-0.2, -0.15) is 0 Å². The average Bonchev–Trinajstić information content (AvgIpc) is 2.31. The molecule has 0 saturated carbocycles. The van der Waals surface area contributed by atoms with Crippen molar-refractivity contribution in [3.8, 4) is 0 Å². The number of carbonyl (C=O) groups excluding carboxylic acids is 1. The first-order chi connectivity index (χ1) is 8.81. The number of hydrogen-bond acceptors (Lipinski definition) is 2. The van der Waals surface area contributed by atoms with Crippen LogP contribution in [-0.4, -0.2) is 29.5 Å². The summed E-state index contributed by atoms with van der Waals surface area (Å²) in [7, 11) is 0. The van der Waals surface area contributed by atoms with E-state index in [2.05, 4.69) is 21.2 Å². The first-order valence-electron chi connectivity index (χ1n) is 5.39. The summed E-state index contributed by atoms with van der Waals surface area (Å²) in [5.74, 6) is -2.17. The van der Waals surface area contributed by atoms with Gasteiger partial charge in [-0.25, -0.2) is 13.6 Å². The number of hydrogen-bond donors (Lipinski definition) is 2.